The van der Waals surface area contributed by atoms with E-state index in [1.807, 2.05) is 0 Å². The normalized spacial score (nSPS) is 11.3. The van der Waals surface area contributed by atoms with Crippen LogP contribution in [0, 0.1) is 20.2 Å². The molecule has 0 saturated heterocycles. The predicted octanol–water partition coefficient (Wildman–Crippen LogP) is 3.51. The van der Waals surface area contributed by atoms with Crippen molar-refractivity contribution in [2.45, 2.75) is 4.90 Å². The topological polar surface area (TPSA) is 145 Å². The molecule has 12 heteroatoms. The Bertz CT molecular complexity index is 1180. The van der Waals surface area contributed by atoms with Gasteiger partial charge in [0.25, 0.3) is 15.7 Å². The van der Waals surface area contributed by atoms with E-state index in [1.54, 1.807) is 0 Å². The molecule has 1 N–H and O–H groups in total. The molecular weight excluding hydrogens is 400 g/mol. The molecule has 0 amide bonds. The summed E-state index contributed by atoms with van der Waals surface area (Å²) in [6.07, 6.45) is 1.25. The van der Waals surface area contributed by atoms with Crippen LogP contribution in [-0.2, 0) is 10.0 Å². The third-order valence-corrected chi connectivity index (χ3v) is 5.22. The molecule has 0 aliphatic carbocycles. The summed E-state index contributed by atoms with van der Waals surface area (Å²) in [5, 5.41) is 22.9. The Balaban J connectivity index is 2.26. The molecule has 27 heavy (non-hydrogen) atoms. The standard InChI is InChI=1S/C15H9ClN4O6S/c16-9-3-5-10(6-4-9)27(25,26)18-15-13(20(23)24)8-12(19(21)22)11-2-1-7-17-14(11)15/h1-8,18H. The van der Waals surface area contributed by atoms with Gasteiger partial charge in [-0.2, -0.15) is 0 Å². The van der Waals surface area contributed by atoms with Crippen LogP contribution in [0.2, 0.25) is 5.02 Å². The number of hydrogen-bond acceptors (Lipinski definition) is 7. The molecule has 0 saturated carbocycles. The number of hydrogen-bond donors (Lipinski definition) is 1. The molecule has 1 heterocycles. The highest BCUT2D eigenvalue weighted by atomic mass is 35.5. The zero-order valence-corrected chi connectivity index (χ0v) is 14.8. The second-order valence-corrected chi connectivity index (χ2v) is 7.38. The van der Waals surface area contributed by atoms with Crippen molar-refractivity contribution in [3.63, 3.8) is 0 Å². The van der Waals surface area contributed by atoms with E-state index in [9.17, 15) is 28.6 Å². The lowest BCUT2D eigenvalue weighted by Gasteiger charge is -2.11. The Labute approximate surface area is 156 Å². The number of nitro groups is 2. The summed E-state index contributed by atoms with van der Waals surface area (Å²) in [4.78, 5) is 24.7. The highest BCUT2D eigenvalue weighted by molar-refractivity contribution is 7.92. The average molecular weight is 409 g/mol. The lowest BCUT2D eigenvalue weighted by molar-refractivity contribution is -0.392. The molecule has 3 rings (SSSR count). The Morgan fingerprint density at radius 3 is 2.22 bits per heavy atom. The number of aromatic nitrogens is 1. The van der Waals surface area contributed by atoms with E-state index in [-0.39, 0.29) is 15.8 Å². The van der Waals surface area contributed by atoms with Gasteiger partial charge in [-0.05, 0) is 36.4 Å². The smallest absolute Gasteiger partial charge is 0.271 e. The van der Waals surface area contributed by atoms with Crippen LogP contribution in [0.25, 0.3) is 10.9 Å². The molecule has 0 spiro atoms. The summed E-state index contributed by atoms with van der Waals surface area (Å²) in [5.74, 6) is 0. The Morgan fingerprint density at radius 2 is 1.63 bits per heavy atom. The molecule has 0 atom stereocenters. The van der Waals surface area contributed by atoms with Gasteiger partial charge in [0.1, 0.15) is 5.52 Å². The molecule has 138 valence electrons. The van der Waals surface area contributed by atoms with Gasteiger partial charge < -0.3 is 0 Å². The monoisotopic (exact) mass is 408 g/mol. The maximum atomic E-state index is 12.6. The van der Waals surface area contributed by atoms with Crippen molar-refractivity contribution in [2.75, 3.05) is 4.72 Å². The van der Waals surface area contributed by atoms with Crippen LogP contribution in [0.4, 0.5) is 17.1 Å². The number of nitrogens with one attached hydrogen (secondary N) is 1. The fourth-order valence-electron chi connectivity index (χ4n) is 2.41. The van der Waals surface area contributed by atoms with Gasteiger partial charge in [-0.15, -0.1) is 0 Å². The molecule has 0 aliphatic heterocycles. The largest absolute Gasteiger partial charge is 0.302 e. The number of benzene rings is 2. The van der Waals surface area contributed by atoms with Crippen molar-refractivity contribution in [3.05, 3.63) is 73.9 Å². The molecule has 0 aliphatic rings. The maximum Gasteiger partial charge on any atom is 0.302 e. The predicted molar refractivity (Wildman–Crippen MR) is 97.3 cm³/mol. The molecule has 0 fully saturated rings. The molecule has 0 unspecified atom stereocenters. The lowest BCUT2D eigenvalue weighted by atomic mass is 10.1. The number of halogens is 1. The van der Waals surface area contributed by atoms with Crippen molar-refractivity contribution in [3.8, 4) is 0 Å². The molecule has 2 aromatic carbocycles. The number of nitro benzene ring substituents is 2. The summed E-state index contributed by atoms with van der Waals surface area (Å²) in [6.45, 7) is 0. The Hall–Kier alpha value is -3.31. The first-order valence-corrected chi connectivity index (χ1v) is 9.06. The first-order valence-electron chi connectivity index (χ1n) is 7.19. The fourth-order valence-corrected chi connectivity index (χ4v) is 3.62. The first kappa shape index (κ1) is 18.5. The molecular formula is C15H9ClN4O6S. The van der Waals surface area contributed by atoms with E-state index < -0.39 is 36.9 Å². The second kappa shape index (κ2) is 6.78. The van der Waals surface area contributed by atoms with Crippen molar-refractivity contribution in [1.29, 1.82) is 0 Å². The second-order valence-electron chi connectivity index (χ2n) is 5.26. The van der Waals surface area contributed by atoms with Crippen LogP contribution in [0.15, 0.2) is 53.6 Å². The van der Waals surface area contributed by atoms with Gasteiger partial charge in [-0.3, -0.25) is 29.9 Å². The summed E-state index contributed by atoms with van der Waals surface area (Å²) in [7, 11) is -4.23. The summed E-state index contributed by atoms with van der Waals surface area (Å²) in [5.41, 5.74) is -2.02. The summed E-state index contributed by atoms with van der Waals surface area (Å²) in [6, 6.07) is 8.55. The quantitative estimate of drug-likeness (QED) is 0.502. The Kier molecular flexibility index (Phi) is 4.64. The van der Waals surface area contributed by atoms with E-state index in [0.29, 0.717) is 11.1 Å². The fraction of sp³-hybridized carbons (Fsp3) is 0. The Morgan fingerprint density at radius 1 is 1.00 bits per heavy atom. The van der Waals surface area contributed by atoms with E-state index in [2.05, 4.69) is 9.71 Å². The van der Waals surface area contributed by atoms with E-state index in [1.165, 1.54) is 42.6 Å². The van der Waals surface area contributed by atoms with Crippen molar-refractivity contribution < 1.29 is 18.3 Å². The number of sulfonamides is 1. The van der Waals surface area contributed by atoms with Crippen LogP contribution in [0.3, 0.4) is 0 Å². The highest BCUT2D eigenvalue weighted by Gasteiger charge is 2.29. The number of anilines is 1. The van der Waals surface area contributed by atoms with Crippen molar-refractivity contribution >= 4 is 49.6 Å². The zero-order valence-electron chi connectivity index (χ0n) is 13.2. The van der Waals surface area contributed by atoms with Gasteiger partial charge in [-0.25, -0.2) is 8.42 Å². The minimum atomic E-state index is -4.23. The van der Waals surface area contributed by atoms with Gasteiger partial charge in [-0.1, -0.05) is 11.6 Å². The van der Waals surface area contributed by atoms with Gasteiger partial charge in [0, 0.05) is 11.2 Å². The van der Waals surface area contributed by atoms with Crippen molar-refractivity contribution in [2.24, 2.45) is 0 Å². The van der Waals surface area contributed by atoms with E-state index in [0.717, 1.165) is 0 Å². The minimum Gasteiger partial charge on any atom is -0.271 e. The van der Waals surface area contributed by atoms with Crippen molar-refractivity contribution in [1.82, 2.24) is 4.98 Å². The third kappa shape index (κ3) is 3.50. The summed E-state index contributed by atoms with van der Waals surface area (Å²) >= 11 is 5.74. The van der Waals surface area contributed by atoms with Gasteiger partial charge in [0.05, 0.1) is 26.2 Å². The number of pyridine rings is 1. The molecule has 10 nitrogen and oxygen atoms in total. The minimum absolute atomic E-state index is 0.0399. The van der Waals surface area contributed by atoms with Crippen LogP contribution in [0.1, 0.15) is 0 Å². The SMILES string of the molecule is O=[N+]([O-])c1cc([N+](=O)[O-])c2cccnc2c1NS(=O)(=O)c1ccc(Cl)cc1. The van der Waals surface area contributed by atoms with Gasteiger partial charge >= 0.3 is 5.69 Å². The number of non-ortho nitro benzene ring substituents is 1. The first-order chi connectivity index (χ1) is 12.7. The number of fused-ring (bicyclic) bond motifs is 1. The zero-order chi connectivity index (χ0) is 19.8. The number of rotatable bonds is 5. The molecule has 0 radical (unpaired) electrons. The maximum absolute atomic E-state index is 12.6. The highest BCUT2D eigenvalue weighted by Crippen LogP contribution is 2.39. The lowest BCUT2D eigenvalue weighted by Crippen LogP contribution is -2.15. The van der Waals surface area contributed by atoms with Crippen LogP contribution < -0.4 is 4.72 Å². The summed E-state index contributed by atoms with van der Waals surface area (Å²) < 4.78 is 27.3. The van der Waals surface area contributed by atoms with Gasteiger partial charge in [0.2, 0.25) is 0 Å². The van der Waals surface area contributed by atoms with Crippen LogP contribution in [-0.4, -0.2) is 23.2 Å². The molecule has 3 aromatic rings. The average Bonchev–Trinajstić information content (AvgIpc) is 2.61. The van der Waals surface area contributed by atoms with Gasteiger partial charge in [0.15, 0.2) is 5.69 Å². The molecule has 1 aromatic heterocycles. The van der Waals surface area contributed by atoms with E-state index in [4.69, 9.17) is 11.6 Å². The number of nitrogens with zero attached hydrogens (tertiary/aromatic N) is 3. The van der Waals surface area contributed by atoms with Crippen LogP contribution >= 0.6 is 11.6 Å². The van der Waals surface area contributed by atoms with E-state index >= 15 is 0 Å². The molecule has 0 bridgehead atoms. The third-order valence-electron chi connectivity index (χ3n) is 3.60. The van der Waals surface area contributed by atoms with Crippen LogP contribution in [0.5, 0.6) is 0 Å².